The van der Waals surface area contributed by atoms with E-state index in [0.29, 0.717) is 28.5 Å². The van der Waals surface area contributed by atoms with Gasteiger partial charge >= 0.3 is 5.63 Å². The number of ether oxygens (including phenoxy) is 3. The molecule has 0 aliphatic carbocycles. The highest BCUT2D eigenvalue weighted by Gasteiger charge is 2.18. The van der Waals surface area contributed by atoms with Crippen LogP contribution in [0.5, 0.6) is 11.5 Å². The first kappa shape index (κ1) is 19.7. The van der Waals surface area contributed by atoms with Crippen molar-refractivity contribution in [3.05, 3.63) is 92.8 Å². The summed E-state index contributed by atoms with van der Waals surface area (Å²) in [5, 5.41) is 1.43. The smallest absolute Gasteiger partial charge is 0.344 e. The molecular formula is C25H19ClO5. The van der Waals surface area contributed by atoms with Crippen molar-refractivity contribution in [2.24, 2.45) is 0 Å². The molecule has 0 saturated carbocycles. The van der Waals surface area contributed by atoms with Crippen molar-refractivity contribution in [1.82, 2.24) is 0 Å². The SMILES string of the molecule is Cc1c(-c2ccccc2)c(=O)oc2ccc(OCc3cc(Cl)cc4c3OCOC4)cc12. The third kappa shape index (κ3) is 3.78. The second-order valence-corrected chi connectivity index (χ2v) is 7.80. The van der Waals surface area contributed by atoms with Gasteiger partial charge < -0.3 is 18.6 Å². The van der Waals surface area contributed by atoms with Gasteiger partial charge in [-0.2, -0.15) is 0 Å². The fourth-order valence-electron chi connectivity index (χ4n) is 3.88. The molecular weight excluding hydrogens is 416 g/mol. The molecule has 0 atom stereocenters. The number of rotatable bonds is 4. The lowest BCUT2D eigenvalue weighted by atomic mass is 9.99. The van der Waals surface area contributed by atoms with Crippen molar-refractivity contribution >= 4 is 22.6 Å². The second-order valence-electron chi connectivity index (χ2n) is 7.37. The maximum atomic E-state index is 12.6. The van der Waals surface area contributed by atoms with Gasteiger partial charge in [-0.1, -0.05) is 41.9 Å². The van der Waals surface area contributed by atoms with Gasteiger partial charge in [0.25, 0.3) is 0 Å². The lowest BCUT2D eigenvalue weighted by Gasteiger charge is -2.21. The Balaban J connectivity index is 1.50. The first-order chi connectivity index (χ1) is 15.1. The van der Waals surface area contributed by atoms with Crippen LogP contribution in [0.4, 0.5) is 0 Å². The quantitative estimate of drug-likeness (QED) is 0.376. The summed E-state index contributed by atoms with van der Waals surface area (Å²) in [6.45, 7) is 2.87. The van der Waals surface area contributed by atoms with E-state index in [2.05, 4.69) is 0 Å². The van der Waals surface area contributed by atoms with Crippen molar-refractivity contribution in [3.63, 3.8) is 0 Å². The minimum Gasteiger partial charge on any atom is -0.489 e. The average Bonchev–Trinajstić information content (AvgIpc) is 2.78. The summed E-state index contributed by atoms with van der Waals surface area (Å²) in [6.07, 6.45) is 0. The molecule has 5 nitrogen and oxygen atoms in total. The zero-order chi connectivity index (χ0) is 21.4. The Morgan fingerprint density at radius 3 is 2.74 bits per heavy atom. The van der Waals surface area contributed by atoms with E-state index in [9.17, 15) is 4.79 Å². The van der Waals surface area contributed by atoms with Gasteiger partial charge in [0.1, 0.15) is 23.7 Å². The third-order valence-electron chi connectivity index (χ3n) is 5.35. The molecule has 1 aliphatic heterocycles. The summed E-state index contributed by atoms with van der Waals surface area (Å²) in [5.41, 5.74) is 4.16. The van der Waals surface area contributed by atoms with Crippen molar-refractivity contribution in [1.29, 1.82) is 0 Å². The predicted molar refractivity (Wildman–Crippen MR) is 119 cm³/mol. The Kier molecular flexibility index (Phi) is 5.14. The van der Waals surface area contributed by atoms with Gasteiger partial charge in [0.2, 0.25) is 0 Å². The molecule has 0 amide bonds. The summed E-state index contributed by atoms with van der Waals surface area (Å²) in [5.74, 6) is 1.41. The third-order valence-corrected chi connectivity index (χ3v) is 5.56. The topological polar surface area (TPSA) is 57.9 Å². The van der Waals surface area contributed by atoms with Crippen LogP contribution in [0.25, 0.3) is 22.1 Å². The predicted octanol–water partition coefficient (Wildman–Crippen LogP) is 5.87. The van der Waals surface area contributed by atoms with Crippen LogP contribution in [0, 0.1) is 6.92 Å². The molecule has 156 valence electrons. The molecule has 1 aliphatic rings. The Hall–Kier alpha value is -3.28. The molecule has 1 aromatic heterocycles. The van der Waals surface area contributed by atoms with Gasteiger partial charge in [-0.3, -0.25) is 0 Å². The van der Waals surface area contributed by atoms with E-state index in [-0.39, 0.29) is 19.0 Å². The first-order valence-corrected chi connectivity index (χ1v) is 10.3. The fraction of sp³-hybridized carbons (Fsp3) is 0.160. The van der Waals surface area contributed by atoms with Crippen LogP contribution >= 0.6 is 11.6 Å². The summed E-state index contributed by atoms with van der Waals surface area (Å²) in [4.78, 5) is 12.6. The Labute approximate surface area is 183 Å². The fourth-order valence-corrected chi connectivity index (χ4v) is 4.15. The lowest BCUT2D eigenvalue weighted by Crippen LogP contribution is -2.14. The van der Waals surface area contributed by atoms with E-state index in [1.54, 1.807) is 12.1 Å². The molecule has 4 aromatic rings. The zero-order valence-corrected chi connectivity index (χ0v) is 17.6. The van der Waals surface area contributed by atoms with Gasteiger partial charge in [-0.15, -0.1) is 0 Å². The number of halogens is 1. The average molecular weight is 435 g/mol. The van der Waals surface area contributed by atoms with Gasteiger partial charge in [0.05, 0.1) is 12.2 Å². The molecule has 3 aromatic carbocycles. The summed E-state index contributed by atoms with van der Waals surface area (Å²) >= 11 is 6.24. The molecule has 0 spiro atoms. The summed E-state index contributed by atoms with van der Waals surface area (Å²) in [7, 11) is 0. The highest BCUT2D eigenvalue weighted by molar-refractivity contribution is 6.30. The normalized spacial score (nSPS) is 13.0. The Bertz CT molecular complexity index is 1330. The van der Waals surface area contributed by atoms with Gasteiger partial charge in [0.15, 0.2) is 6.79 Å². The van der Waals surface area contributed by atoms with Crippen LogP contribution in [-0.2, 0) is 18.0 Å². The van der Waals surface area contributed by atoms with E-state index in [4.69, 9.17) is 30.2 Å². The second kappa shape index (κ2) is 8.10. The van der Waals surface area contributed by atoms with Crippen molar-refractivity contribution in [2.75, 3.05) is 6.79 Å². The molecule has 0 N–H and O–H groups in total. The van der Waals surface area contributed by atoms with Crippen molar-refractivity contribution in [3.8, 4) is 22.6 Å². The van der Waals surface area contributed by atoms with E-state index in [1.165, 1.54) is 0 Å². The summed E-state index contributed by atoms with van der Waals surface area (Å²) in [6, 6.07) is 18.6. The molecule has 0 fully saturated rings. The maximum Gasteiger partial charge on any atom is 0.344 e. The molecule has 0 saturated heterocycles. The standard InChI is InChI=1S/C25H19ClO5/c1-15-21-11-20(29-13-18-10-19(26)9-17-12-28-14-30-24(17)18)7-8-22(21)31-25(27)23(15)16-5-3-2-4-6-16/h2-11H,12-14H2,1H3. The monoisotopic (exact) mass is 434 g/mol. The van der Waals surface area contributed by atoms with Gasteiger partial charge in [-0.05, 0) is 48.4 Å². The van der Waals surface area contributed by atoms with E-state index in [0.717, 1.165) is 33.4 Å². The molecule has 0 radical (unpaired) electrons. The highest BCUT2D eigenvalue weighted by atomic mass is 35.5. The Morgan fingerprint density at radius 1 is 1.06 bits per heavy atom. The van der Waals surface area contributed by atoms with Crippen LogP contribution in [0.3, 0.4) is 0 Å². The van der Waals surface area contributed by atoms with Crippen molar-refractivity contribution in [2.45, 2.75) is 20.1 Å². The van der Waals surface area contributed by atoms with E-state index < -0.39 is 0 Å². The number of fused-ring (bicyclic) bond motifs is 2. The van der Waals surface area contributed by atoms with Crippen LogP contribution < -0.4 is 15.1 Å². The van der Waals surface area contributed by atoms with Gasteiger partial charge in [0, 0.05) is 21.5 Å². The molecule has 31 heavy (non-hydrogen) atoms. The zero-order valence-electron chi connectivity index (χ0n) is 16.8. The van der Waals surface area contributed by atoms with Crippen LogP contribution in [0.15, 0.2) is 69.9 Å². The molecule has 5 rings (SSSR count). The highest BCUT2D eigenvalue weighted by Crippen LogP contribution is 2.33. The number of hydrogen-bond donors (Lipinski definition) is 0. The number of aryl methyl sites for hydroxylation is 1. The number of hydrogen-bond acceptors (Lipinski definition) is 5. The molecule has 0 bridgehead atoms. The molecule has 2 heterocycles. The lowest BCUT2D eigenvalue weighted by molar-refractivity contribution is -0.0175. The minimum atomic E-state index is -0.352. The summed E-state index contributed by atoms with van der Waals surface area (Å²) < 4.78 is 22.6. The van der Waals surface area contributed by atoms with E-state index in [1.807, 2.05) is 55.5 Å². The largest absolute Gasteiger partial charge is 0.489 e. The number of benzene rings is 3. The molecule has 6 heteroatoms. The van der Waals surface area contributed by atoms with Crippen LogP contribution in [0.1, 0.15) is 16.7 Å². The van der Waals surface area contributed by atoms with Crippen LogP contribution in [0.2, 0.25) is 5.02 Å². The van der Waals surface area contributed by atoms with Gasteiger partial charge in [-0.25, -0.2) is 4.79 Å². The maximum absolute atomic E-state index is 12.6. The molecule has 0 unspecified atom stereocenters. The van der Waals surface area contributed by atoms with Crippen molar-refractivity contribution < 1.29 is 18.6 Å². The van der Waals surface area contributed by atoms with E-state index >= 15 is 0 Å². The van der Waals surface area contributed by atoms with Crippen LogP contribution in [-0.4, -0.2) is 6.79 Å². The Morgan fingerprint density at radius 2 is 1.90 bits per heavy atom. The first-order valence-electron chi connectivity index (χ1n) is 9.87. The minimum absolute atomic E-state index is 0.206.